The normalized spacial score (nSPS) is 11.3. The number of methoxy groups -OCH3 is 1. The number of H-pyrrole nitrogens is 1. The molecule has 0 unspecified atom stereocenters. The van der Waals surface area contributed by atoms with Gasteiger partial charge in [0.2, 0.25) is 0 Å². The number of ether oxygens (including phenoxy) is 1. The number of nitrogens with zero attached hydrogens (tertiary/aromatic N) is 3. The highest BCUT2D eigenvalue weighted by Crippen LogP contribution is 2.34. The Morgan fingerprint density at radius 2 is 2.09 bits per heavy atom. The number of rotatable bonds is 5. The van der Waals surface area contributed by atoms with Crippen LogP contribution in [-0.2, 0) is 11.3 Å². The molecule has 0 radical (unpaired) electrons. The fourth-order valence-electron chi connectivity index (χ4n) is 3.61. The summed E-state index contributed by atoms with van der Waals surface area (Å²) in [6.45, 7) is 0.0990. The third-order valence-electron chi connectivity index (χ3n) is 5.01. The second-order valence-electron chi connectivity index (χ2n) is 6.95. The zero-order valence-corrected chi connectivity index (χ0v) is 17.6. The van der Waals surface area contributed by atoms with Gasteiger partial charge in [0, 0.05) is 22.8 Å². The van der Waals surface area contributed by atoms with E-state index in [9.17, 15) is 14.0 Å². The van der Waals surface area contributed by atoms with Crippen LogP contribution in [0.15, 0.2) is 59.8 Å². The van der Waals surface area contributed by atoms with Crippen LogP contribution in [0.5, 0.6) is 0 Å². The molecule has 1 amide bonds. The summed E-state index contributed by atoms with van der Waals surface area (Å²) in [6.07, 6.45) is 2.72. The van der Waals surface area contributed by atoms with Gasteiger partial charge in [-0.05, 0) is 24.3 Å². The summed E-state index contributed by atoms with van der Waals surface area (Å²) in [6, 6.07) is 11.8. The lowest BCUT2D eigenvalue weighted by atomic mass is 10.1. The number of nitrogens with one attached hydrogen (secondary N) is 2. The van der Waals surface area contributed by atoms with Gasteiger partial charge in [-0.25, -0.2) is 14.1 Å². The molecule has 0 aliphatic carbocycles. The van der Waals surface area contributed by atoms with Crippen molar-refractivity contribution in [3.63, 3.8) is 0 Å². The number of aromatic amines is 1. The number of thiophene rings is 1. The molecule has 0 bridgehead atoms. The van der Waals surface area contributed by atoms with E-state index in [0.717, 1.165) is 0 Å². The summed E-state index contributed by atoms with van der Waals surface area (Å²) in [4.78, 5) is 32.4. The average Bonchev–Trinajstić information content (AvgIpc) is 3.38. The third-order valence-corrected chi connectivity index (χ3v) is 6.21. The van der Waals surface area contributed by atoms with Crippen LogP contribution < -0.4 is 10.9 Å². The zero-order valence-electron chi connectivity index (χ0n) is 16.8. The standard InChI is InChI=1S/C22H16FN5O3S/c1-31-10-13-18-14(23)5-4-8-17(18)32-19(13)22(30)27-15-6-2-3-7-16(15)28-20-12(9-26-28)21(29)25-11-24-20/h2-9,11H,10H2,1H3,(H,27,30)(H,24,25,29). The van der Waals surface area contributed by atoms with Crippen molar-refractivity contribution >= 4 is 44.1 Å². The number of halogens is 1. The molecule has 2 aromatic carbocycles. The lowest BCUT2D eigenvalue weighted by molar-refractivity contribution is 0.102. The Kier molecular flexibility index (Phi) is 5.00. The molecule has 0 saturated heterocycles. The van der Waals surface area contributed by atoms with Crippen LogP contribution >= 0.6 is 11.3 Å². The van der Waals surface area contributed by atoms with Gasteiger partial charge in [0.15, 0.2) is 5.65 Å². The predicted octanol–water partition coefficient (Wildman–Crippen LogP) is 3.86. The number of carbonyl (C=O) groups is 1. The Morgan fingerprint density at radius 3 is 2.94 bits per heavy atom. The van der Waals surface area contributed by atoms with Crippen LogP contribution in [0.25, 0.3) is 26.8 Å². The van der Waals surface area contributed by atoms with E-state index in [1.165, 1.54) is 41.7 Å². The van der Waals surface area contributed by atoms with Gasteiger partial charge >= 0.3 is 0 Å². The van der Waals surface area contributed by atoms with Crippen LogP contribution in [0.3, 0.4) is 0 Å². The molecule has 8 nitrogen and oxygen atoms in total. The SMILES string of the molecule is COCc1c(C(=O)Nc2ccccc2-n2ncc3c(=O)[nH]cnc32)sc2cccc(F)c12. The second-order valence-corrected chi connectivity index (χ2v) is 8.00. The lowest BCUT2D eigenvalue weighted by Crippen LogP contribution is -2.15. The number of benzene rings is 2. The molecule has 0 aliphatic heterocycles. The maximum absolute atomic E-state index is 14.5. The van der Waals surface area contributed by atoms with E-state index >= 15 is 0 Å². The van der Waals surface area contributed by atoms with E-state index in [4.69, 9.17) is 4.74 Å². The number of para-hydroxylation sites is 2. The Hall–Kier alpha value is -3.89. The minimum Gasteiger partial charge on any atom is -0.380 e. The predicted molar refractivity (Wildman–Crippen MR) is 120 cm³/mol. The number of fused-ring (bicyclic) bond motifs is 2. The summed E-state index contributed by atoms with van der Waals surface area (Å²) in [5.74, 6) is -0.795. The van der Waals surface area contributed by atoms with E-state index in [-0.39, 0.29) is 12.2 Å². The first-order valence-corrected chi connectivity index (χ1v) is 10.4. The van der Waals surface area contributed by atoms with Crippen molar-refractivity contribution in [3.8, 4) is 5.69 Å². The van der Waals surface area contributed by atoms with Gasteiger partial charge in [-0.2, -0.15) is 5.10 Å². The number of carbonyl (C=O) groups excluding carboxylic acids is 1. The smallest absolute Gasteiger partial charge is 0.266 e. The van der Waals surface area contributed by atoms with E-state index in [0.29, 0.717) is 42.9 Å². The fraction of sp³-hybridized carbons (Fsp3) is 0.0909. The zero-order chi connectivity index (χ0) is 22.2. The molecule has 0 atom stereocenters. The molecule has 2 N–H and O–H groups in total. The number of hydrogen-bond acceptors (Lipinski definition) is 6. The van der Waals surface area contributed by atoms with Crippen molar-refractivity contribution in [1.29, 1.82) is 0 Å². The average molecular weight is 449 g/mol. The fourth-order valence-corrected chi connectivity index (χ4v) is 4.73. The molecule has 3 heterocycles. The molecular weight excluding hydrogens is 433 g/mol. The lowest BCUT2D eigenvalue weighted by Gasteiger charge is -2.12. The minimum absolute atomic E-state index is 0.0990. The Labute approximate surface area is 184 Å². The molecule has 0 spiro atoms. The van der Waals surface area contributed by atoms with E-state index in [2.05, 4.69) is 20.4 Å². The van der Waals surface area contributed by atoms with Crippen molar-refractivity contribution in [2.24, 2.45) is 0 Å². The Balaban J connectivity index is 1.58. The van der Waals surface area contributed by atoms with Crippen LogP contribution in [0, 0.1) is 5.82 Å². The van der Waals surface area contributed by atoms with E-state index in [1.54, 1.807) is 36.4 Å². The van der Waals surface area contributed by atoms with Gasteiger partial charge in [0.25, 0.3) is 11.5 Å². The van der Waals surface area contributed by atoms with Crippen LogP contribution in [0.4, 0.5) is 10.1 Å². The summed E-state index contributed by atoms with van der Waals surface area (Å²) in [5.41, 5.74) is 1.55. The molecule has 5 aromatic rings. The summed E-state index contributed by atoms with van der Waals surface area (Å²) >= 11 is 1.20. The van der Waals surface area contributed by atoms with E-state index < -0.39 is 11.7 Å². The van der Waals surface area contributed by atoms with Gasteiger partial charge in [-0.15, -0.1) is 11.3 Å². The molecule has 5 rings (SSSR count). The topological polar surface area (TPSA) is 102 Å². The van der Waals surface area contributed by atoms with Gasteiger partial charge in [0.1, 0.15) is 11.2 Å². The minimum atomic E-state index is -0.399. The summed E-state index contributed by atoms with van der Waals surface area (Å²) in [5, 5.41) is 7.89. The van der Waals surface area contributed by atoms with Gasteiger partial charge in [-0.3, -0.25) is 9.59 Å². The monoisotopic (exact) mass is 449 g/mol. The summed E-state index contributed by atoms with van der Waals surface area (Å²) in [7, 11) is 1.50. The second kappa shape index (κ2) is 7.98. The first-order chi connectivity index (χ1) is 15.6. The van der Waals surface area contributed by atoms with Crippen LogP contribution in [0.1, 0.15) is 15.2 Å². The van der Waals surface area contributed by atoms with E-state index in [1.807, 2.05) is 0 Å². The summed E-state index contributed by atoms with van der Waals surface area (Å²) < 4.78 is 21.9. The van der Waals surface area contributed by atoms with Crippen LogP contribution in [0.2, 0.25) is 0 Å². The number of aromatic nitrogens is 4. The molecule has 160 valence electrons. The Bertz CT molecular complexity index is 1540. The highest BCUT2D eigenvalue weighted by molar-refractivity contribution is 7.21. The maximum Gasteiger partial charge on any atom is 0.266 e. The number of hydrogen-bond donors (Lipinski definition) is 2. The quantitative estimate of drug-likeness (QED) is 0.424. The largest absolute Gasteiger partial charge is 0.380 e. The molecule has 3 aromatic heterocycles. The number of amides is 1. The van der Waals surface area contributed by atoms with Crippen molar-refractivity contribution in [2.75, 3.05) is 12.4 Å². The van der Waals surface area contributed by atoms with Crippen molar-refractivity contribution < 1.29 is 13.9 Å². The first kappa shape index (κ1) is 20.0. The van der Waals surface area contributed by atoms with Gasteiger partial charge in [0.05, 0.1) is 35.4 Å². The molecule has 0 saturated carbocycles. The van der Waals surface area contributed by atoms with Gasteiger partial charge in [-0.1, -0.05) is 18.2 Å². The van der Waals surface area contributed by atoms with Crippen molar-refractivity contribution in [3.05, 3.63) is 81.6 Å². The van der Waals surface area contributed by atoms with Crippen molar-refractivity contribution in [1.82, 2.24) is 19.7 Å². The molecule has 0 fully saturated rings. The highest BCUT2D eigenvalue weighted by atomic mass is 32.1. The van der Waals surface area contributed by atoms with Crippen LogP contribution in [-0.4, -0.2) is 32.8 Å². The first-order valence-electron chi connectivity index (χ1n) is 9.59. The Morgan fingerprint density at radius 1 is 1.25 bits per heavy atom. The van der Waals surface area contributed by atoms with Gasteiger partial charge < -0.3 is 15.0 Å². The van der Waals surface area contributed by atoms with Crippen molar-refractivity contribution in [2.45, 2.75) is 6.61 Å². The molecule has 10 heteroatoms. The maximum atomic E-state index is 14.5. The highest BCUT2D eigenvalue weighted by Gasteiger charge is 2.22. The molecular formula is C22H16FN5O3S. The molecule has 0 aliphatic rings. The molecule has 32 heavy (non-hydrogen) atoms. The third kappa shape index (κ3) is 3.26. The number of anilines is 1.